The predicted molar refractivity (Wildman–Crippen MR) is 78.9 cm³/mol. The lowest BCUT2D eigenvalue weighted by molar-refractivity contribution is -0.147. The molecule has 0 bridgehead atoms. The van der Waals surface area contributed by atoms with Gasteiger partial charge in [-0.1, -0.05) is 18.2 Å². The van der Waals surface area contributed by atoms with Crippen LogP contribution in [0, 0.1) is 0 Å². The first kappa shape index (κ1) is 16.8. The maximum absolute atomic E-state index is 11.8. The third-order valence-electron chi connectivity index (χ3n) is 3.37. The topological polar surface area (TPSA) is 114 Å². The molecular formula is C15H18N2O6. The molecule has 1 aromatic rings. The summed E-state index contributed by atoms with van der Waals surface area (Å²) in [5, 5.41) is 14.0. The first-order valence-corrected chi connectivity index (χ1v) is 7.08. The maximum Gasteiger partial charge on any atom is 0.331 e. The van der Waals surface area contributed by atoms with E-state index >= 15 is 0 Å². The van der Waals surface area contributed by atoms with Crippen LogP contribution in [0.25, 0.3) is 0 Å². The molecule has 2 amide bonds. The Morgan fingerprint density at radius 3 is 2.57 bits per heavy atom. The lowest BCUT2D eigenvalue weighted by Gasteiger charge is -2.23. The Bertz CT molecular complexity index is 569. The van der Waals surface area contributed by atoms with Gasteiger partial charge in [0.05, 0.1) is 13.2 Å². The number of benzene rings is 1. The summed E-state index contributed by atoms with van der Waals surface area (Å²) < 4.78 is 10.3. The second-order valence-corrected chi connectivity index (χ2v) is 5.12. The molecule has 0 aromatic heterocycles. The first-order valence-electron chi connectivity index (χ1n) is 7.08. The minimum atomic E-state index is -1.41. The van der Waals surface area contributed by atoms with E-state index in [-0.39, 0.29) is 32.8 Å². The van der Waals surface area contributed by atoms with Gasteiger partial charge in [-0.25, -0.2) is 4.79 Å². The van der Waals surface area contributed by atoms with Crippen LogP contribution in [-0.4, -0.2) is 54.8 Å². The molecule has 0 radical (unpaired) electrons. The van der Waals surface area contributed by atoms with Crippen molar-refractivity contribution >= 4 is 17.8 Å². The fourth-order valence-corrected chi connectivity index (χ4v) is 2.09. The molecule has 0 aliphatic carbocycles. The van der Waals surface area contributed by atoms with Gasteiger partial charge in [-0.2, -0.15) is 0 Å². The summed E-state index contributed by atoms with van der Waals surface area (Å²) in [6.45, 7) is -0.376. The summed E-state index contributed by atoms with van der Waals surface area (Å²) >= 11 is 0. The summed E-state index contributed by atoms with van der Waals surface area (Å²) in [7, 11) is 0. The monoisotopic (exact) mass is 322 g/mol. The average molecular weight is 322 g/mol. The number of hydrogen-bond acceptors (Lipinski definition) is 5. The lowest BCUT2D eigenvalue weighted by Crippen LogP contribution is -2.57. The Morgan fingerprint density at radius 1 is 1.22 bits per heavy atom. The van der Waals surface area contributed by atoms with Gasteiger partial charge in [0.25, 0.3) is 5.91 Å². The van der Waals surface area contributed by atoms with Gasteiger partial charge in [-0.15, -0.1) is 0 Å². The van der Waals surface area contributed by atoms with E-state index in [4.69, 9.17) is 9.47 Å². The zero-order valence-electron chi connectivity index (χ0n) is 12.4. The van der Waals surface area contributed by atoms with E-state index in [2.05, 4.69) is 10.6 Å². The largest absolute Gasteiger partial charge is 0.484 e. The number of ether oxygens (including phenoxy) is 2. The van der Waals surface area contributed by atoms with E-state index < -0.39 is 23.3 Å². The van der Waals surface area contributed by atoms with Crippen LogP contribution < -0.4 is 15.4 Å². The number of rotatable bonds is 7. The fraction of sp³-hybridized carbons (Fsp3) is 0.400. The van der Waals surface area contributed by atoms with Crippen molar-refractivity contribution in [2.45, 2.75) is 12.0 Å². The summed E-state index contributed by atoms with van der Waals surface area (Å²) in [6.07, 6.45) is 0.194. The molecule has 1 aliphatic heterocycles. The molecule has 23 heavy (non-hydrogen) atoms. The number of nitrogens with one attached hydrogen (secondary N) is 2. The van der Waals surface area contributed by atoms with Gasteiger partial charge < -0.3 is 25.2 Å². The summed E-state index contributed by atoms with van der Waals surface area (Å²) in [5.41, 5.74) is -1.41. The first-order chi connectivity index (χ1) is 11.0. The maximum atomic E-state index is 11.8. The van der Waals surface area contributed by atoms with Crippen molar-refractivity contribution in [3.05, 3.63) is 30.3 Å². The summed E-state index contributed by atoms with van der Waals surface area (Å²) in [6, 6.07) is 8.78. The van der Waals surface area contributed by atoms with Crippen molar-refractivity contribution in [2.75, 3.05) is 26.4 Å². The van der Waals surface area contributed by atoms with Crippen molar-refractivity contribution in [3.8, 4) is 5.75 Å². The van der Waals surface area contributed by atoms with E-state index in [1.54, 1.807) is 24.3 Å². The highest BCUT2D eigenvalue weighted by molar-refractivity contribution is 5.90. The molecule has 3 N–H and O–H groups in total. The zero-order chi connectivity index (χ0) is 16.7. The SMILES string of the molecule is O=C(COc1ccccc1)NCC(=O)NC1(C(=O)O)CCOC1. The third-order valence-corrected chi connectivity index (χ3v) is 3.37. The highest BCUT2D eigenvalue weighted by atomic mass is 16.5. The van der Waals surface area contributed by atoms with Crippen LogP contribution in [-0.2, 0) is 19.1 Å². The smallest absolute Gasteiger partial charge is 0.331 e. The molecule has 8 heteroatoms. The van der Waals surface area contributed by atoms with E-state index in [1.165, 1.54) is 0 Å². The number of amides is 2. The van der Waals surface area contributed by atoms with E-state index in [0.29, 0.717) is 5.75 Å². The van der Waals surface area contributed by atoms with Gasteiger partial charge in [-0.3, -0.25) is 9.59 Å². The van der Waals surface area contributed by atoms with Crippen LogP contribution in [0.1, 0.15) is 6.42 Å². The molecule has 8 nitrogen and oxygen atoms in total. The Hall–Kier alpha value is -2.61. The standard InChI is InChI=1S/C15H18N2O6/c18-12(17-15(14(20)21)6-7-22-10-15)8-16-13(19)9-23-11-4-2-1-3-5-11/h1-5H,6-10H2,(H,16,19)(H,17,18)(H,20,21). The molecule has 1 heterocycles. The van der Waals surface area contributed by atoms with Gasteiger partial charge in [0.2, 0.25) is 5.91 Å². The molecule has 1 unspecified atom stereocenters. The van der Waals surface area contributed by atoms with Gasteiger partial charge in [0.1, 0.15) is 5.75 Å². The molecule has 1 fully saturated rings. The fourth-order valence-electron chi connectivity index (χ4n) is 2.09. The Balaban J connectivity index is 1.73. The number of carbonyl (C=O) groups excluding carboxylic acids is 2. The molecule has 1 atom stereocenters. The van der Waals surface area contributed by atoms with Gasteiger partial charge in [0.15, 0.2) is 12.1 Å². The van der Waals surface area contributed by atoms with Crippen molar-refractivity contribution in [3.63, 3.8) is 0 Å². The van der Waals surface area contributed by atoms with Crippen LogP contribution in [0.2, 0.25) is 0 Å². The number of para-hydroxylation sites is 1. The number of carboxylic acids is 1. The van der Waals surface area contributed by atoms with Gasteiger partial charge in [-0.05, 0) is 12.1 Å². The van der Waals surface area contributed by atoms with Crippen LogP contribution in [0.5, 0.6) is 5.75 Å². The molecule has 1 saturated heterocycles. The minimum Gasteiger partial charge on any atom is -0.484 e. The minimum absolute atomic E-state index is 0.0842. The molecule has 0 saturated carbocycles. The van der Waals surface area contributed by atoms with Crippen LogP contribution in [0.15, 0.2) is 30.3 Å². The van der Waals surface area contributed by atoms with Crippen molar-refractivity contribution in [1.29, 1.82) is 0 Å². The van der Waals surface area contributed by atoms with Crippen molar-refractivity contribution in [1.82, 2.24) is 10.6 Å². The highest BCUT2D eigenvalue weighted by Crippen LogP contribution is 2.18. The molecule has 124 valence electrons. The van der Waals surface area contributed by atoms with Gasteiger partial charge in [0, 0.05) is 13.0 Å². The third kappa shape index (κ3) is 4.68. The van der Waals surface area contributed by atoms with Crippen LogP contribution in [0.3, 0.4) is 0 Å². The second kappa shape index (κ2) is 7.59. The number of aliphatic carboxylic acids is 1. The average Bonchev–Trinajstić information content (AvgIpc) is 3.02. The van der Waals surface area contributed by atoms with E-state index in [9.17, 15) is 19.5 Å². The van der Waals surface area contributed by atoms with Crippen LogP contribution >= 0.6 is 0 Å². The van der Waals surface area contributed by atoms with Crippen molar-refractivity contribution < 1.29 is 29.0 Å². The highest BCUT2D eigenvalue weighted by Gasteiger charge is 2.43. The molecule has 0 spiro atoms. The lowest BCUT2D eigenvalue weighted by atomic mass is 9.99. The second-order valence-electron chi connectivity index (χ2n) is 5.12. The molecule has 1 aliphatic rings. The Labute approximate surface area is 132 Å². The normalized spacial score (nSPS) is 19.8. The zero-order valence-corrected chi connectivity index (χ0v) is 12.4. The molecular weight excluding hydrogens is 304 g/mol. The number of carbonyl (C=O) groups is 3. The summed E-state index contributed by atoms with van der Waals surface area (Å²) in [5.74, 6) is -1.68. The van der Waals surface area contributed by atoms with E-state index in [0.717, 1.165) is 0 Å². The quantitative estimate of drug-likeness (QED) is 0.626. The van der Waals surface area contributed by atoms with Crippen molar-refractivity contribution in [2.24, 2.45) is 0 Å². The van der Waals surface area contributed by atoms with Crippen LogP contribution in [0.4, 0.5) is 0 Å². The Kier molecular flexibility index (Phi) is 5.53. The molecule has 1 aromatic carbocycles. The predicted octanol–water partition coefficient (Wildman–Crippen LogP) is -0.458. The number of hydrogen-bond donors (Lipinski definition) is 3. The Morgan fingerprint density at radius 2 is 1.96 bits per heavy atom. The molecule has 2 rings (SSSR count). The van der Waals surface area contributed by atoms with E-state index in [1.807, 2.05) is 6.07 Å². The number of carboxylic acid groups (broad SMARTS) is 1. The summed E-state index contributed by atoms with van der Waals surface area (Å²) in [4.78, 5) is 34.7. The van der Waals surface area contributed by atoms with Gasteiger partial charge >= 0.3 is 5.97 Å².